The highest BCUT2D eigenvalue weighted by atomic mass is 16.5. The summed E-state index contributed by atoms with van der Waals surface area (Å²) in [7, 11) is 0. The Morgan fingerprint density at radius 2 is 1.42 bits per heavy atom. The van der Waals surface area contributed by atoms with E-state index < -0.39 is 17.9 Å². The Morgan fingerprint density at radius 3 is 2.06 bits per heavy atom. The zero-order valence-electron chi connectivity index (χ0n) is 17.1. The molecular formula is C25H20O6. The first-order valence-corrected chi connectivity index (χ1v) is 9.42. The maximum Gasteiger partial charge on any atom is 0.343 e. The zero-order valence-corrected chi connectivity index (χ0v) is 17.1. The molecule has 0 aliphatic carbocycles. The lowest BCUT2D eigenvalue weighted by molar-refractivity contribution is -0.128. The van der Waals surface area contributed by atoms with Crippen LogP contribution in [-0.4, -0.2) is 17.9 Å². The number of benzene rings is 3. The van der Waals surface area contributed by atoms with E-state index in [2.05, 4.69) is 6.58 Å². The molecule has 0 saturated carbocycles. The Hall–Kier alpha value is -4.19. The van der Waals surface area contributed by atoms with Crippen molar-refractivity contribution in [3.05, 3.63) is 102 Å². The average Bonchev–Trinajstić information content (AvgIpc) is 2.76. The summed E-state index contributed by atoms with van der Waals surface area (Å²) < 4.78 is 15.8. The van der Waals surface area contributed by atoms with Crippen molar-refractivity contribution in [1.82, 2.24) is 0 Å². The monoisotopic (exact) mass is 416 g/mol. The minimum atomic E-state index is -0.589. The Labute approximate surface area is 179 Å². The van der Waals surface area contributed by atoms with Gasteiger partial charge in [0, 0.05) is 6.08 Å². The van der Waals surface area contributed by atoms with Gasteiger partial charge in [-0.3, -0.25) is 0 Å². The summed E-state index contributed by atoms with van der Waals surface area (Å²) in [6.07, 6.45) is 1.05. The van der Waals surface area contributed by atoms with Crippen LogP contribution in [0.3, 0.4) is 0 Å². The fourth-order valence-electron chi connectivity index (χ4n) is 2.74. The van der Waals surface area contributed by atoms with Gasteiger partial charge in [-0.2, -0.15) is 0 Å². The summed E-state index contributed by atoms with van der Waals surface area (Å²) in [5, 5.41) is 0. The number of rotatable bonds is 6. The van der Waals surface area contributed by atoms with Crippen LogP contribution >= 0.6 is 0 Å². The van der Waals surface area contributed by atoms with Crippen LogP contribution in [0.15, 0.2) is 79.4 Å². The molecule has 0 N–H and O–H groups in total. The number of esters is 3. The van der Waals surface area contributed by atoms with Gasteiger partial charge in [-0.1, -0.05) is 24.8 Å². The lowest BCUT2D eigenvalue weighted by Gasteiger charge is -2.11. The Bertz CT molecular complexity index is 1140. The number of carbonyl (C=O) groups is 3. The predicted molar refractivity (Wildman–Crippen MR) is 115 cm³/mol. The van der Waals surface area contributed by atoms with Crippen molar-refractivity contribution < 1.29 is 28.6 Å². The van der Waals surface area contributed by atoms with E-state index in [0.717, 1.165) is 11.6 Å². The molecular weight excluding hydrogens is 396 g/mol. The molecule has 6 heteroatoms. The first-order valence-electron chi connectivity index (χ1n) is 9.42. The van der Waals surface area contributed by atoms with Crippen molar-refractivity contribution in [2.24, 2.45) is 0 Å². The van der Waals surface area contributed by atoms with E-state index in [4.69, 9.17) is 14.2 Å². The maximum absolute atomic E-state index is 12.4. The first-order chi connectivity index (χ1) is 14.9. The topological polar surface area (TPSA) is 78.9 Å². The van der Waals surface area contributed by atoms with Crippen LogP contribution in [0.25, 0.3) is 0 Å². The third kappa shape index (κ3) is 5.45. The van der Waals surface area contributed by atoms with Gasteiger partial charge in [-0.25, -0.2) is 14.4 Å². The van der Waals surface area contributed by atoms with Crippen LogP contribution < -0.4 is 14.2 Å². The zero-order chi connectivity index (χ0) is 22.4. The highest BCUT2D eigenvalue weighted by Gasteiger charge is 2.14. The Balaban J connectivity index is 1.66. The predicted octanol–water partition coefficient (Wildman–Crippen LogP) is 4.83. The van der Waals surface area contributed by atoms with Crippen molar-refractivity contribution in [3.8, 4) is 17.2 Å². The van der Waals surface area contributed by atoms with Crippen LogP contribution in [0.1, 0.15) is 31.8 Å². The first kappa shape index (κ1) is 21.5. The molecule has 0 amide bonds. The lowest BCUT2D eigenvalue weighted by Crippen LogP contribution is -2.11. The molecule has 0 saturated heterocycles. The SMILES string of the molecule is C=CC(=O)Oc1ccc(C(=O)Oc2ccc(OC(=O)c3ccccc3C)c(C)c2)cc1. The molecule has 156 valence electrons. The summed E-state index contributed by atoms with van der Waals surface area (Å²) in [5.74, 6) is -0.651. The molecule has 0 fully saturated rings. The molecule has 0 aliphatic heterocycles. The van der Waals surface area contributed by atoms with Crippen LogP contribution in [-0.2, 0) is 4.79 Å². The van der Waals surface area contributed by atoms with E-state index in [1.54, 1.807) is 37.3 Å². The molecule has 0 heterocycles. The van der Waals surface area contributed by atoms with E-state index in [9.17, 15) is 14.4 Å². The van der Waals surface area contributed by atoms with Gasteiger partial charge in [0.1, 0.15) is 17.2 Å². The van der Waals surface area contributed by atoms with E-state index in [0.29, 0.717) is 22.6 Å². The molecule has 0 unspecified atom stereocenters. The van der Waals surface area contributed by atoms with Gasteiger partial charge in [0.05, 0.1) is 11.1 Å². The van der Waals surface area contributed by atoms with Gasteiger partial charge in [0.25, 0.3) is 0 Å². The number of ether oxygens (including phenoxy) is 3. The van der Waals surface area contributed by atoms with Crippen molar-refractivity contribution in [2.45, 2.75) is 13.8 Å². The van der Waals surface area contributed by atoms with Crippen molar-refractivity contribution >= 4 is 17.9 Å². The highest BCUT2D eigenvalue weighted by Crippen LogP contribution is 2.25. The van der Waals surface area contributed by atoms with Crippen molar-refractivity contribution in [3.63, 3.8) is 0 Å². The summed E-state index contributed by atoms with van der Waals surface area (Å²) in [6.45, 7) is 6.91. The third-order valence-electron chi connectivity index (χ3n) is 4.40. The second kappa shape index (κ2) is 9.54. The Morgan fingerprint density at radius 1 is 0.742 bits per heavy atom. The second-order valence-corrected chi connectivity index (χ2v) is 6.67. The highest BCUT2D eigenvalue weighted by molar-refractivity contribution is 5.93. The number of hydrogen-bond acceptors (Lipinski definition) is 6. The number of carbonyl (C=O) groups excluding carboxylic acids is 3. The summed E-state index contributed by atoms with van der Waals surface area (Å²) in [6, 6.07) is 17.8. The smallest absolute Gasteiger partial charge is 0.343 e. The fraction of sp³-hybridized carbons (Fsp3) is 0.0800. The molecule has 0 aliphatic rings. The summed E-state index contributed by atoms with van der Waals surface area (Å²) in [5.41, 5.74) is 2.23. The number of aryl methyl sites for hydroxylation is 2. The minimum Gasteiger partial charge on any atom is -0.423 e. The van der Waals surface area contributed by atoms with Crippen LogP contribution in [0, 0.1) is 13.8 Å². The molecule has 0 aromatic heterocycles. The molecule has 3 aromatic carbocycles. The van der Waals surface area contributed by atoms with E-state index in [1.165, 1.54) is 24.3 Å². The molecule has 0 radical (unpaired) electrons. The van der Waals surface area contributed by atoms with E-state index in [-0.39, 0.29) is 11.3 Å². The van der Waals surface area contributed by atoms with Crippen molar-refractivity contribution in [2.75, 3.05) is 0 Å². The van der Waals surface area contributed by atoms with Crippen LogP contribution in [0.2, 0.25) is 0 Å². The van der Waals surface area contributed by atoms with Gasteiger partial charge in [-0.15, -0.1) is 0 Å². The molecule has 6 nitrogen and oxygen atoms in total. The van der Waals surface area contributed by atoms with Crippen LogP contribution in [0.4, 0.5) is 0 Å². The van der Waals surface area contributed by atoms with E-state index >= 15 is 0 Å². The number of hydrogen-bond donors (Lipinski definition) is 0. The molecule has 31 heavy (non-hydrogen) atoms. The molecule has 3 rings (SSSR count). The molecule has 3 aromatic rings. The third-order valence-corrected chi connectivity index (χ3v) is 4.40. The maximum atomic E-state index is 12.4. The minimum absolute atomic E-state index is 0.283. The van der Waals surface area contributed by atoms with Gasteiger partial charge >= 0.3 is 17.9 Å². The van der Waals surface area contributed by atoms with E-state index in [1.807, 2.05) is 19.1 Å². The quantitative estimate of drug-likeness (QED) is 0.325. The lowest BCUT2D eigenvalue weighted by atomic mass is 10.1. The largest absolute Gasteiger partial charge is 0.423 e. The average molecular weight is 416 g/mol. The summed E-state index contributed by atoms with van der Waals surface area (Å²) >= 11 is 0. The Kier molecular flexibility index (Phi) is 6.62. The van der Waals surface area contributed by atoms with Gasteiger partial charge in [0.2, 0.25) is 0 Å². The normalized spacial score (nSPS) is 10.1. The second-order valence-electron chi connectivity index (χ2n) is 6.67. The standard InChI is InChI=1S/C25H20O6/c1-4-23(26)29-19-11-9-18(10-12-19)24(27)30-20-13-14-22(17(3)15-20)31-25(28)21-8-6-5-7-16(21)2/h4-15H,1H2,2-3H3. The van der Waals surface area contributed by atoms with Crippen LogP contribution in [0.5, 0.6) is 17.2 Å². The molecule has 0 atom stereocenters. The van der Waals surface area contributed by atoms with Gasteiger partial charge in [-0.05, 0) is 73.5 Å². The fourth-order valence-corrected chi connectivity index (χ4v) is 2.74. The van der Waals surface area contributed by atoms with Gasteiger partial charge in [0.15, 0.2) is 0 Å². The van der Waals surface area contributed by atoms with Gasteiger partial charge < -0.3 is 14.2 Å². The summed E-state index contributed by atoms with van der Waals surface area (Å²) in [4.78, 5) is 36.0. The molecule has 0 spiro atoms. The molecule has 0 bridgehead atoms. The van der Waals surface area contributed by atoms with Crippen molar-refractivity contribution in [1.29, 1.82) is 0 Å².